The van der Waals surface area contributed by atoms with Crippen LogP contribution >= 0.6 is 0 Å². The van der Waals surface area contributed by atoms with Crippen LogP contribution in [0.3, 0.4) is 0 Å². The lowest BCUT2D eigenvalue weighted by Gasteiger charge is -2.18. The largest absolute Gasteiger partial charge is 0.343 e. The molecule has 0 aromatic heterocycles. The molecule has 0 aromatic rings. The molecule has 0 unspecified atom stereocenters. The molecule has 0 saturated carbocycles. The van der Waals surface area contributed by atoms with Crippen LogP contribution in [0.1, 0.15) is 72.6 Å². The third kappa shape index (κ3) is 8.74. The Hall–Kier alpha value is -1.06. The van der Waals surface area contributed by atoms with E-state index in [1.54, 1.807) is 0 Å². The zero-order valence-electron chi connectivity index (χ0n) is 14.5. The van der Waals surface area contributed by atoms with Crippen LogP contribution in [0.15, 0.2) is 0 Å². The normalized spacial score (nSPS) is 10.5. The highest BCUT2D eigenvalue weighted by atomic mass is 16.2. The fourth-order valence-electron chi connectivity index (χ4n) is 2.55. The molecule has 0 rings (SSSR count). The number of unbranched alkanes of at least 4 members (excludes halogenated alkanes) is 4. The standard InChI is InChI=1S/C17H34N2O2/c1-5-18(6-2)16(20)14-12-10-9-11-13-15-17(21)19(7-3)8-4/h5-15H2,1-4H3. The van der Waals surface area contributed by atoms with Gasteiger partial charge in [-0.2, -0.15) is 0 Å². The first-order valence-corrected chi connectivity index (χ1v) is 8.66. The Labute approximate surface area is 130 Å². The van der Waals surface area contributed by atoms with Gasteiger partial charge in [-0.05, 0) is 40.5 Å². The van der Waals surface area contributed by atoms with Gasteiger partial charge in [0, 0.05) is 39.0 Å². The lowest BCUT2D eigenvalue weighted by molar-refractivity contribution is -0.131. The lowest BCUT2D eigenvalue weighted by Crippen LogP contribution is -2.30. The topological polar surface area (TPSA) is 40.6 Å². The van der Waals surface area contributed by atoms with E-state index in [4.69, 9.17) is 0 Å². The van der Waals surface area contributed by atoms with Gasteiger partial charge in [-0.15, -0.1) is 0 Å². The first-order valence-electron chi connectivity index (χ1n) is 8.66. The van der Waals surface area contributed by atoms with Gasteiger partial charge < -0.3 is 9.80 Å². The number of amides is 2. The van der Waals surface area contributed by atoms with Gasteiger partial charge >= 0.3 is 0 Å². The summed E-state index contributed by atoms with van der Waals surface area (Å²) >= 11 is 0. The zero-order valence-corrected chi connectivity index (χ0v) is 14.5. The van der Waals surface area contributed by atoms with Gasteiger partial charge in [-0.3, -0.25) is 9.59 Å². The van der Waals surface area contributed by atoms with Crippen molar-refractivity contribution >= 4 is 11.8 Å². The van der Waals surface area contributed by atoms with Crippen molar-refractivity contribution in [1.29, 1.82) is 0 Å². The number of nitrogens with zero attached hydrogens (tertiary/aromatic N) is 2. The molecule has 0 aliphatic heterocycles. The summed E-state index contributed by atoms with van der Waals surface area (Å²) in [5.74, 6) is 0.549. The molecule has 0 heterocycles. The predicted molar refractivity (Wildman–Crippen MR) is 88.2 cm³/mol. The molecule has 0 N–H and O–H groups in total. The van der Waals surface area contributed by atoms with Gasteiger partial charge in [-0.25, -0.2) is 0 Å². The van der Waals surface area contributed by atoms with E-state index in [0.717, 1.165) is 58.3 Å². The van der Waals surface area contributed by atoms with Crippen LogP contribution in [0, 0.1) is 0 Å². The van der Waals surface area contributed by atoms with Crippen LogP contribution in [0.4, 0.5) is 0 Å². The average molecular weight is 298 g/mol. The lowest BCUT2D eigenvalue weighted by atomic mass is 10.1. The Kier molecular flexibility index (Phi) is 12.0. The van der Waals surface area contributed by atoms with Crippen molar-refractivity contribution in [3.8, 4) is 0 Å². The highest BCUT2D eigenvalue weighted by Crippen LogP contribution is 2.09. The molecule has 0 fully saturated rings. The minimum Gasteiger partial charge on any atom is -0.343 e. The van der Waals surface area contributed by atoms with Gasteiger partial charge in [0.1, 0.15) is 0 Å². The van der Waals surface area contributed by atoms with Crippen LogP contribution in [-0.4, -0.2) is 47.8 Å². The molecule has 0 atom stereocenters. The summed E-state index contributed by atoms with van der Waals surface area (Å²) in [6.07, 6.45) is 6.58. The Balaban J connectivity index is 3.57. The minimum atomic E-state index is 0.275. The van der Waals surface area contributed by atoms with Crippen LogP contribution in [0.25, 0.3) is 0 Å². The smallest absolute Gasteiger partial charge is 0.222 e. The van der Waals surface area contributed by atoms with Crippen LogP contribution in [0.5, 0.6) is 0 Å². The second kappa shape index (κ2) is 12.7. The predicted octanol–water partition coefficient (Wildman–Crippen LogP) is 3.45. The summed E-state index contributed by atoms with van der Waals surface area (Å²) in [6, 6.07) is 0. The molecule has 0 spiro atoms. The summed E-state index contributed by atoms with van der Waals surface area (Å²) in [5, 5.41) is 0. The summed E-state index contributed by atoms with van der Waals surface area (Å²) in [6.45, 7) is 11.3. The molecule has 4 heteroatoms. The molecule has 0 aliphatic rings. The maximum absolute atomic E-state index is 11.8. The van der Waals surface area contributed by atoms with E-state index in [2.05, 4.69) is 0 Å². The van der Waals surface area contributed by atoms with E-state index in [0.29, 0.717) is 12.8 Å². The molecule has 0 saturated heterocycles. The fourth-order valence-corrected chi connectivity index (χ4v) is 2.55. The number of hydrogen-bond donors (Lipinski definition) is 0. The second-order valence-electron chi connectivity index (χ2n) is 5.40. The van der Waals surface area contributed by atoms with Crippen molar-refractivity contribution in [2.24, 2.45) is 0 Å². The zero-order chi connectivity index (χ0) is 16.1. The molecule has 0 bridgehead atoms. The molecule has 21 heavy (non-hydrogen) atoms. The number of hydrogen-bond acceptors (Lipinski definition) is 2. The van der Waals surface area contributed by atoms with Crippen molar-refractivity contribution in [2.75, 3.05) is 26.2 Å². The molecular weight excluding hydrogens is 264 g/mol. The summed E-state index contributed by atoms with van der Waals surface area (Å²) in [5.41, 5.74) is 0. The van der Waals surface area contributed by atoms with E-state index >= 15 is 0 Å². The van der Waals surface area contributed by atoms with Crippen molar-refractivity contribution in [1.82, 2.24) is 9.80 Å². The fraction of sp³-hybridized carbons (Fsp3) is 0.882. The van der Waals surface area contributed by atoms with E-state index in [9.17, 15) is 9.59 Å². The van der Waals surface area contributed by atoms with Crippen LogP contribution in [0.2, 0.25) is 0 Å². The van der Waals surface area contributed by atoms with Gasteiger partial charge in [0.15, 0.2) is 0 Å². The third-order valence-electron chi connectivity index (χ3n) is 4.01. The maximum atomic E-state index is 11.8. The van der Waals surface area contributed by atoms with Crippen molar-refractivity contribution < 1.29 is 9.59 Å². The van der Waals surface area contributed by atoms with Crippen molar-refractivity contribution in [3.63, 3.8) is 0 Å². The minimum absolute atomic E-state index is 0.275. The molecule has 124 valence electrons. The van der Waals surface area contributed by atoms with Crippen LogP contribution in [-0.2, 0) is 9.59 Å². The van der Waals surface area contributed by atoms with E-state index in [1.165, 1.54) is 0 Å². The Morgan fingerprint density at radius 1 is 0.571 bits per heavy atom. The Morgan fingerprint density at radius 3 is 1.14 bits per heavy atom. The molecule has 0 aromatic carbocycles. The number of rotatable bonds is 12. The maximum Gasteiger partial charge on any atom is 0.222 e. The first kappa shape index (κ1) is 19.9. The van der Waals surface area contributed by atoms with E-state index < -0.39 is 0 Å². The van der Waals surface area contributed by atoms with Crippen molar-refractivity contribution in [2.45, 2.75) is 72.6 Å². The van der Waals surface area contributed by atoms with Gasteiger partial charge in [-0.1, -0.05) is 19.3 Å². The highest BCUT2D eigenvalue weighted by Gasteiger charge is 2.09. The molecule has 2 amide bonds. The quantitative estimate of drug-likeness (QED) is 0.518. The van der Waals surface area contributed by atoms with Gasteiger partial charge in [0.05, 0.1) is 0 Å². The van der Waals surface area contributed by atoms with Crippen LogP contribution < -0.4 is 0 Å². The highest BCUT2D eigenvalue weighted by molar-refractivity contribution is 5.76. The Morgan fingerprint density at radius 2 is 0.857 bits per heavy atom. The monoisotopic (exact) mass is 298 g/mol. The van der Waals surface area contributed by atoms with Crippen molar-refractivity contribution in [3.05, 3.63) is 0 Å². The number of carbonyl (C=O) groups is 2. The van der Waals surface area contributed by atoms with Gasteiger partial charge in [0.2, 0.25) is 11.8 Å². The summed E-state index contributed by atoms with van der Waals surface area (Å²) in [4.78, 5) is 27.4. The average Bonchev–Trinajstić information content (AvgIpc) is 2.48. The Bertz CT molecular complexity index is 257. The number of carbonyl (C=O) groups excluding carboxylic acids is 2. The van der Waals surface area contributed by atoms with E-state index in [1.807, 2.05) is 37.5 Å². The van der Waals surface area contributed by atoms with Gasteiger partial charge in [0.25, 0.3) is 0 Å². The molecule has 4 nitrogen and oxygen atoms in total. The first-order chi connectivity index (χ1) is 10.1. The molecule has 0 aliphatic carbocycles. The second-order valence-corrected chi connectivity index (χ2v) is 5.40. The molecular formula is C17H34N2O2. The summed E-state index contributed by atoms with van der Waals surface area (Å²) in [7, 11) is 0. The summed E-state index contributed by atoms with van der Waals surface area (Å²) < 4.78 is 0. The SMILES string of the molecule is CCN(CC)C(=O)CCCCCCCC(=O)N(CC)CC. The van der Waals surface area contributed by atoms with E-state index in [-0.39, 0.29) is 11.8 Å². The third-order valence-corrected chi connectivity index (χ3v) is 4.01. The molecule has 0 radical (unpaired) electrons.